The molecule has 0 aliphatic heterocycles. The number of ether oxygens (including phenoxy) is 1. The van der Waals surface area contributed by atoms with Crippen LogP contribution in [0.5, 0.6) is 0 Å². The first-order valence-corrected chi connectivity index (χ1v) is 6.30. The zero-order valence-electron chi connectivity index (χ0n) is 10.6. The van der Waals surface area contributed by atoms with Crippen LogP contribution in [-0.2, 0) is 21.4 Å². The second-order valence-corrected chi connectivity index (χ2v) is 5.59. The molecule has 0 radical (unpaired) electrons. The van der Waals surface area contributed by atoms with E-state index in [1.54, 1.807) is 11.3 Å². The third-order valence-electron chi connectivity index (χ3n) is 2.61. The van der Waals surface area contributed by atoms with Crippen LogP contribution in [0.1, 0.15) is 42.8 Å². The number of hydrogen-bond donors (Lipinski definition) is 0. The second kappa shape index (κ2) is 4.95. The molecule has 90 valence electrons. The predicted molar refractivity (Wildman–Crippen MR) is 65.9 cm³/mol. The van der Waals surface area contributed by atoms with Crippen molar-refractivity contribution in [3.05, 3.63) is 15.6 Å². The molecule has 0 saturated heterocycles. The Morgan fingerprint density at radius 2 is 2.12 bits per heavy atom. The van der Waals surface area contributed by atoms with Gasteiger partial charge in [0.15, 0.2) is 0 Å². The zero-order chi connectivity index (χ0) is 12.3. The number of thiazole rings is 1. The molecule has 1 heterocycles. The lowest BCUT2D eigenvalue weighted by Crippen LogP contribution is -2.30. The van der Waals surface area contributed by atoms with E-state index in [1.165, 1.54) is 12.0 Å². The van der Waals surface area contributed by atoms with Crippen molar-refractivity contribution in [2.45, 2.75) is 46.0 Å². The summed E-state index contributed by atoms with van der Waals surface area (Å²) >= 11 is 1.59. The first-order chi connectivity index (χ1) is 7.43. The van der Waals surface area contributed by atoms with Crippen molar-refractivity contribution in [3.8, 4) is 0 Å². The van der Waals surface area contributed by atoms with Crippen LogP contribution in [0.3, 0.4) is 0 Å². The summed E-state index contributed by atoms with van der Waals surface area (Å²) in [5.41, 5.74) is 0.468. The minimum absolute atomic E-state index is 0.232. The second-order valence-electron chi connectivity index (χ2n) is 4.39. The van der Waals surface area contributed by atoms with Crippen molar-refractivity contribution in [2.75, 3.05) is 7.11 Å². The van der Waals surface area contributed by atoms with Gasteiger partial charge < -0.3 is 4.74 Å². The Morgan fingerprint density at radius 3 is 2.62 bits per heavy atom. The van der Waals surface area contributed by atoms with Gasteiger partial charge in [0.2, 0.25) is 0 Å². The number of carbonyl (C=O) groups is 1. The van der Waals surface area contributed by atoms with Crippen molar-refractivity contribution in [2.24, 2.45) is 0 Å². The number of aryl methyl sites for hydroxylation is 2. The van der Waals surface area contributed by atoms with Gasteiger partial charge in [-0.1, -0.05) is 13.3 Å². The number of rotatable bonds is 4. The van der Waals surface area contributed by atoms with E-state index in [2.05, 4.69) is 18.8 Å². The maximum atomic E-state index is 11.7. The van der Waals surface area contributed by atoms with Crippen molar-refractivity contribution in [1.29, 1.82) is 0 Å². The Balaban J connectivity index is 3.04. The molecule has 0 fully saturated rings. The van der Waals surface area contributed by atoms with E-state index in [0.717, 1.165) is 23.5 Å². The summed E-state index contributed by atoms with van der Waals surface area (Å²) in [6, 6.07) is 0. The highest BCUT2D eigenvalue weighted by Gasteiger charge is 2.34. The van der Waals surface area contributed by atoms with E-state index in [0.29, 0.717) is 0 Å². The first-order valence-electron chi connectivity index (χ1n) is 5.48. The molecule has 0 bridgehead atoms. The monoisotopic (exact) mass is 241 g/mol. The van der Waals surface area contributed by atoms with E-state index in [4.69, 9.17) is 4.74 Å². The van der Waals surface area contributed by atoms with Crippen molar-refractivity contribution < 1.29 is 9.53 Å². The summed E-state index contributed by atoms with van der Waals surface area (Å²) in [7, 11) is 1.41. The van der Waals surface area contributed by atoms with Crippen LogP contribution in [0.25, 0.3) is 0 Å². The van der Waals surface area contributed by atoms with E-state index in [-0.39, 0.29) is 5.97 Å². The van der Waals surface area contributed by atoms with Crippen LogP contribution in [-0.4, -0.2) is 18.1 Å². The molecule has 0 aromatic carbocycles. The quantitative estimate of drug-likeness (QED) is 0.761. The molecule has 0 amide bonds. The lowest BCUT2D eigenvalue weighted by Gasteiger charge is -2.18. The number of methoxy groups -OCH3 is 1. The van der Waals surface area contributed by atoms with Crippen LogP contribution >= 0.6 is 11.3 Å². The highest BCUT2D eigenvalue weighted by Crippen LogP contribution is 2.30. The third-order valence-corrected chi connectivity index (χ3v) is 3.95. The molecule has 0 unspecified atom stereocenters. The maximum absolute atomic E-state index is 11.7. The number of nitrogens with zero attached hydrogens (tertiary/aromatic N) is 1. The predicted octanol–water partition coefficient (Wildman–Crippen LogP) is 2.85. The molecular weight excluding hydrogens is 222 g/mol. The molecule has 1 aromatic heterocycles. The Hall–Kier alpha value is -0.900. The third kappa shape index (κ3) is 2.43. The van der Waals surface area contributed by atoms with Gasteiger partial charge in [0.1, 0.15) is 10.4 Å². The van der Waals surface area contributed by atoms with Crippen LogP contribution in [0.4, 0.5) is 0 Å². The molecule has 0 aliphatic rings. The smallest absolute Gasteiger partial charge is 0.318 e. The van der Waals surface area contributed by atoms with Gasteiger partial charge in [-0.05, 0) is 27.2 Å². The first kappa shape index (κ1) is 13.2. The van der Waals surface area contributed by atoms with Gasteiger partial charge in [-0.15, -0.1) is 11.3 Å². The summed E-state index contributed by atoms with van der Waals surface area (Å²) in [5.74, 6) is -0.232. The number of esters is 1. The van der Waals surface area contributed by atoms with Crippen molar-refractivity contribution in [1.82, 2.24) is 4.98 Å². The van der Waals surface area contributed by atoms with Gasteiger partial charge >= 0.3 is 5.97 Å². The summed E-state index contributed by atoms with van der Waals surface area (Å²) in [6.45, 7) is 7.89. The standard InChI is InChI=1S/C12H19NO2S/c1-6-7-9-8(2)16-10(13-9)12(3,4)11(14)15-5/h6-7H2,1-5H3. The van der Waals surface area contributed by atoms with Gasteiger partial charge in [0, 0.05) is 4.88 Å². The fourth-order valence-electron chi connectivity index (χ4n) is 1.51. The van der Waals surface area contributed by atoms with Crippen LogP contribution in [0.15, 0.2) is 0 Å². The fraction of sp³-hybridized carbons (Fsp3) is 0.667. The number of carbonyl (C=O) groups excluding carboxylic acids is 1. The van der Waals surface area contributed by atoms with Crippen molar-refractivity contribution in [3.63, 3.8) is 0 Å². The molecule has 0 saturated carbocycles. The van der Waals surface area contributed by atoms with Gasteiger partial charge in [-0.2, -0.15) is 0 Å². The lowest BCUT2D eigenvalue weighted by molar-refractivity contribution is -0.146. The molecular formula is C12H19NO2S. The Labute approximate surface area is 101 Å². The van der Waals surface area contributed by atoms with Gasteiger partial charge in [0.25, 0.3) is 0 Å². The van der Waals surface area contributed by atoms with Crippen LogP contribution in [0, 0.1) is 6.92 Å². The van der Waals surface area contributed by atoms with Crippen LogP contribution in [0.2, 0.25) is 0 Å². The molecule has 0 atom stereocenters. The topological polar surface area (TPSA) is 39.2 Å². The molecule has 1 aromatic rings. The fourth-order valence-corrected chi connectivity index (χ4v) is 2.56. The summed E-state index contributed by atoms with van der Waals surface area (Å²) in [5, 5.41) is 0.848. The molecule has 0 aliphatic carbocycles. The SMILES string of the molecule is CCCc1nc(C(C)(C)C(=O)OC)sc1C. The van der Waals surface area contributed by atoms with Crippen molar-refractivity contribution >= 4 is 17.3 Å². The maximum Gasteiger partial charge on any atom is 0.318 e. The average molecular weight is 241 g/mol. The number of hydrogen-bond acceptors (Lipinski definition) is 4. The van der Waals surface area contributed by atoms with Gasteiger partial charge in [-0.3, -0.25) is 4.79 Å². The zero-order valence-corrected chi connectivity index (χ0v) is 11.4. The van der Waals surface area contributed by atoms with Gasteiger partial charge in [-0.25, -0.2) is 4.98 Å². The molecule has 16 heavy (non-hydrogen) atoms. The molecule has 4 heteroatoms. The van der Waals surface area contributed by atoms with Crippen LogP contribution < -0.4 is 0 Å². The Kier molecular flexibility index (Phi) is 4.08. The minimum Gasteiger partial charge on any atom is -0.468 e. The lowest BCUT2D eigenvalue weighted by atomic mass is 9.95. The molecule has 3 nitrogen and oxygen atoms in total. The molecule has 0 N–H and O–H groups in total. The number of aromatic nitrogens is 1. The van der Waals surface area contributed by atoms with E-state index >= 15 is 0 Å². The summed E-state index contributed by atoms with van der Waals surface area (Å²) in [6.07, 6.45) is 2.04. The van der Waals surface area contributed by atoms with Gasteiger partial charge in [0.05, 0.1) is 12.8 Å². The molecule has 1 rings (SSSR count). The molecule has 0 spiro atoms. The Bertz CT molecular complexity index is 382. The minimum atomic E-state index is -0.643. The summed E-state index contributed by atoms with van der Waals surface area (Å²) in [4.78, 5) is 17.4. The Morgan fingerprint density at radius 1 is 1.50 bits per heavy atom. The highest BCUT2D eigenvalue weighted by atomic mass is 32.1. The normalized spacial score (nSPS) is 11.6. The van der Waals surface area contributed by atoms with E-state index < -0.39 is 5.41 Å². The average Bonchev–Trinajstić information content (AvgIpc) is 2.60. The summed E-state index contributed by atoms with van der Waals surface area (Å²) < 4.78 is 4.81. The van der Waals surface area contributed by atoms with E-state index in [1.807, 2.05) is 13.8 Å². The highest BCUT2D eigenvalue weighted by molar-refractivity contribution is 7.12. The van der Waals surface area contributed by atoms with E-state index in [9.17, 15) is 4.79 Å². The largest absolute Gasteiger partial charge is 0.468 e.